The number of furan rings is 1. The van der Waals surface area contributed by atoms with Gasteiger partial charge in [-0.2, -0.15) is 0 Å². The Morgan fingerprint density at radius 1 is 1.40 bits per heavy atom. The molecule has 0 aliphatic carbocycles. The van der Waals surface area contributed by atoms with Crippen molar-refractivity contribution < 1.29 is 14.4 Å². The van der Waals surface area contributed by atoms with Gasteiger partial charge in [0.25, 0.3) is 5.91 Å². The lowest BCUT2D eigenvalue weighted by atomic mass is 10.1. The van der Waals surface area contributed by atoms with E-state index in [1.54, 1.807) is 18.2 Å². The van der Waals surface area contributed by atoms with Crippen molar-refractivity contribution in [3.63, 3.8) is 0 Å². The predicted octanol–water partition coefficient (Wildman–Crippen LogP) is 3.04. The minimum atomic E-state index is -0.460. The number of nitrogens with two attached hydrogens (primary N) is 1. The Balaban J connectivity index is 2.35. The van der Waals surface area contributed by atoms with Crippen LogP contribution >= 0.6 is 27.5 Å². The second kappa shape index (κ2) is 5.98. The number of benzene rings is 1. The molecular weight excluding hydrogens is 350 g/mol. The number of carbonyl (C=O) groups excluding carboxylic acids is 1. The molecule has 0 aliphatic rings. The molecule has 1 aromatic heterocycles. The number of nitrogens with zero attached hydrogens (tertiary/aromatic N) is 1. The van der Waals surface area contributed by atoms with Gasteiger partial charge in [-0.1, -0.05) is 21.1 Å². The molecule has 0 saturated carbocycles. The van der Waals surface area contributed by atoms with Crippen molar-refractivity contribution in [3.8, 4) is 0 Å². The fourth-order valence-corrected chi connectivity index (χ4v) is 2.10. The number of hydrogen-bond donors (Lipinski definition) is 3. The average Bonchev–Trinajstić information content (AvgIpc) is 2.86. The molecule has 2 rings (SSSR count). The Kier molecular flexibility index (Phi) is 4.31. The third-order valence-electron chi connectivity index (χ3n) is 2.48. The fraction of sp³-hybridized carbons (Fsp3) is 0. The fourth-order valence-electron chi connectivity index (χ4n) is 1.54. The van der Waals surface area contributed by atoms with E-state index < -0.39 is 5.91 Å². The van der Waals surface area contributed by atoms with Gasteiger partial charge in [-0.15, -0.1) is 0 Å². The standard InChI is InChI=1S/C12H9BrClN3O3/c13-6-1-2-9(8(5-6)11(15)17-19)16-12(18)7-3-4-20-10(7)14/h1-5,19H,(H2,15,17)(H,16,18). The van der Waals surface area contributed by atoms with Crippen LogP contribution in [0.3, 0.4) is 0 Å². The highest BCUT2D eigenvalue weighted by atomic mass is 79.9. The molecular formula is C12H9BrClN3O3. The van der Waals surface area contributed by atoms with Crippen LogP contribution in [0.2, 0.25) is 5.22 Å². The first-order chi connectivity index (χ1) is 9.52. The van der Waals surface area contributed by atoms with Gasteiger partial charge in [-0.05, 0) is 35.9 Å². The van der Waals surface area contributed by atoms with Gasteiger partial charge in [0.15, 0.2) is 5.84 Å². The smallest absolute Gasteiger partial charge is 0.260 e. The molecule has 4 N–H and O–H groups in total. The van der Waals surface area contributed by atoms with Crippen LogP contribution in [0.4, 0.5) is 5.69 Å². The first-order valence-electron chi connectivity index (χ1n) is 5.34. The number of anilines is 1. The summed E-state index contributed by atoms with van der Waals surface area (Å²) >= 11 is 9.00. The summed E-state index contributed by atoms with van der Waals surface area (Å²) in [6, 6.07) is 6.38. The van der Waals surface area contributed by atoms with Gasteiger partial charge in [-0.25, -0.2) is 0 Å². The van der Waals surface area contributed by atoms with E-state index >= 15 is 0 Å². The topological polar surface area (TPSA) is 101 Å². The maximum absolute atomic E-state index is 12.0. The van der Waals surface area contributed by atoms with Crippen molar-refractivity contribution in [2.45, 2.75) is 0 Å². The van der Waals surface area contributed by atoms with E-state index in [1.165, 1.54) is 12.3 Å². The van der Waals surface area contributed by atoms with Crippen molar-refractivity contribution in [3.05, 3.63) is 51.3 Å². The zero-order chi connectivity index (χ0) is 14.7. The third-order valence-corrected chi connectivity index (χ3v) is 3.26. The molecule has 6 nitrogen and oxygen atoms in total. The molecule has 0 bridgehead atoms. The van der Waals surface area contributed by atoms with E-state index in [9.17, 15) is 4.79 Å². The Morgan fingerprint density at radius 2 is 2.15 bits per heavy atom. The molecule has 0 spiro atoms. The Hall–Kier alpha value is -1.99. The van der Waals surface area contributed by atoms with E-state index in [-0.39, 0.29) is 16.6 Å². The van der Waals surface area contributed by atoms with Gasteiger partial charge < -0.3 is 20.7 Å². The number of oxime groups is 1. The van der Waals surface area contributed by atoms with Gasteiger partial charge in [0.1, 0.15) is 0 Å². The molecule has 0 unspecified atom stereocenters. The van der Waals surface area contributed by atoms with Gasteiger partial charge in [0.05, 0.1) is 17.5 Å². The second-order valence-electron chi connectivity index (χ2n) is 3.74. The van der Waals surface area contributed by atoms with Crippen LogP contribution in [-0.2, 0) is 0 Å². The summed E-state index contributed by atoms with van der Waals surface area (Å²) in [6.45, 7) is 0. The minimum Gasteiger partial charge on any atom is -0.452 e. The van der Waals surface area contributed by atoms with E-state index in [1.807, 2.05) is 0 Å². The lowest BCUT2D eigenvalue weighted by Crippen LogP contribution is -2.19. The van der Waals surface area contributed by atoms with Crippen molar-refractivity contribution >= 4 is 45.0 Å². The molecule has 0 atom stereocenters. The summed E-state index contributed by atoms with van der Waals surface area (Å²) in [4.78, 5) is 12.0. The predicted molar refractivity (Wildman–Crippen MR) is 78.3 cm³/mol. The SMILES string of the molecule is N/C(=N/O)c1cc(Br)ccc1NC(=O)c1ccoc1Cl. The highest BCUT2D eigenvalue weighted by Gasteiger charge is 2.16. The Morgan fingerprint density at radius 3 is 2.75 bits per heavy atom. The molecule has 0 saturated heterocycles. The summed E-state index contributed by atoms with van der Waals surface area (Å²) in [7, 11) is 0. The van der Waals surface area contributed by atoms with Gasteiger partial charge in [0, 0.05) is 10.0 Å². The van der Waals surface area contributed by atoms with Crippen LogP contribution in [-0.4, -0.2) is 17.0 Å². The number of amides is 1. The number of carbonyl (C=O) groups is 1. The van der Waals surface area contributed by atoms with E-state index in [0.717, 1.165) is 4.47 Å². The first kappa shape index (κ1) is 14.4. The number of amidine groups is 1. The van der Waals surface area contributed by atoms with Crippen molar-refractivity contribution in [2.75, 3.05) is 5.32 Å². The van der Waals surface area contributed by atoms with Gasteiger partial charge >= 0.3 is 0 Å². The van der Waals surface area contributed by atoms with Crippen molar-refractivity contribution in [1.29, 1.82) is 0 Å². The average molecular weight is 359 g/mol. The van der Waals surface area contributed by atoms with E-state index in [2.05, 4.69) is 26.4 Å². The molecule has 1 amide bonds. The van der Waals surface area contributed by atoms with Crippen LogP contribution in [0.5, 0.6) is 0 Å². The van der Waals surface area contributed by atoms with E-state index in [0.29, 0.717) is 11.3 Å². The lowest BCUT2D eigenvalue weighted by molar-refractivity contribution is 0.102. The van der Waals surface area contributed by atoms with Crippen LogP contribution in [0.1, 0.15) is 15.9 Å². The zero-order valence-electron chi connectivity index (χ0n) is 9.93. The van der Waals surface area contributed by atoms with Crippen LogP contribution in [0.25, 0.3) is 0 Å². The summed E-state index contributed by atoms with van der Waals surface area (Å²) in [5.41, 5.74) is 6.52. The number of halogens is 2. The summed E-state index contributed by atoms with van der Waals surface area (Å²) in [5, 5.41) is 14.3. The first-order valence-corrected chi connectivity index (χ1v) is 6.52. The lowest BCUT2D eigenvalue weighted by Gasteiger charge is -2.10. The zero-order valence-corrected chi connectivity index (χ0v) is 12.3. The molecule has 1 heterocycles. The quantitative estimate of drug-likeness (QED) is 0.340. The van der Waals surface area contributed by atoms with E-state index in [4.69, 9.17) is 27.0 Å². The highest BCUT2D eigenvalue weighted by molar-refractivity contribution is 9.10. The summed E-state index contributed by atoms with van der Waals surface area (Å²) in [5.74, 6) is -0.585. The third kappa shape index (κ3) is 2.94. The summed E-state index contributed by atoms with van der Waals surface area (Å²) in [6.07, 6.45) is 1.31. The Labute approximate surface area is 127 Å². The molecule has 8 heteroatoms. The second-order valence-corrected chi connectivity index (χ2v) is 5.00. The normalized spacial score (nSPS) is 11.4. The Bertz CT molecular complexity index is 684. The van der Waals surface area contributed by atoms with Crippen LogP contribution in [0.15, 0.2) is 44.6 Å². The molecule has 0 aliphatic heterocycles. The molecule has 1 aromatic carbocycles. The number of nitrogens with one attached hydrogen (secondary N) is 1. The maximum atomic E-state index is 12.0. The van der Waals surface area contributed by atoms with Crippen LogP contribution in [0, 0.1) is 0 Å². The van der Waals surface area contributed by atoms with Gasteiger partial charge in [-0.3, -0.25) is 4.79 Å². The monoisotopic (exact) mass is 357 g/mol. The van der Waals surface area contributed by atoms with Crippen LogP contribution < -0.4 is 11.1 Å². The molecule has 0 radical (unpaired) electrons. The molecule has 104 valence electrons. The number of hydrogen-bond acceptors (Lipinski definition) is 4. The number of rotatable bonds is 3. The highest BCUT2D eigenvalue weighted by Crippen LogP contribution is 2.23. The maximum Gasteiger partial charge on any atom is 0.260 e. The van der Waals surface area contributed by atoms with Crippen molar-refractivity contribution in [1.82, 2.24) is 0 Å². The van der Waals surface area contributed by atoms with Crippen molar-refractivity contribution in [2.24, 2.45) is 10.9 Å². The molecule has 0 fully saturated rings. The largest absolute Gasteiger partial charge is 0.452 e. The minimum absolute atomic E-state index is 0.00930. The molecule has 20 heavy (non-hydrogen) atoms. The summed E-state index contributed by atoms with van der Waals surface area (Å²) < 4.78 is 5.57. The molecule has 2 aromatic rings. The van der Waals surface area contributed by atoms with Gasteiger partial charge in [0.2, 0.25) is 5.22 Å².